The molecule has 1 aliphatic rings. The topological polar surface area (TPSA) is 47.6 Å². The molecule has 0 aromatic carbocycles. The lowest BCUT2D eigenvalue weighted by atomic mass is 9.85. The van der Waals surface area contributed by atoms with Crippen LogP contribution in [0.1, 0.15) is 52.4 Å². The van der Waals surface area contributed by atoms with Crippen molar-refractivity contribution in [2.45, 2.75) is 64.0 Å². The molecular weight excluding hydrogens is 242 g/mol. The molecule has 0 saturated heterocycles. The Hall–Kier alpha value is -0.610. The molecule has 0 heterocycles. The number of nitrogens with one attached hydrogen (secondary N) is 1. The highest BCUT2D eigenvalue weighted by Gasteiger charge is 2.48. The summed E-state index contributed by atoms with van der Waals surface area (Å²) in [6, 6.07) is 0. The molecule has 19 heavy (non-hydrogen) atoms. The third-order valence-corrected chi connectivity index (χ3v) is 4.38. The second-order valence-corrected chi connectivity index (χ2v) is 5.56. The van der Waals surface area contributed by atoms with Crippen molar-refractivity contribution < 1.29 is 14.3 Å². The monoisotopic (exact) mass is 271 g/mol. The van der Waals surface area contributed by atoms with Gasteiger partial charge in [0.15, 0.2) is 0 Å². The van der Waals surface area contributed by atoms with Gasteiger partial charge in [0.25, 0.3) is 0 Å². The predicted molar refractivity (Wildman–Crippen MR) is 76.1 cm³/mol. The third kappa shape index (κ3) is 3.93. The van der Waals surface area contributed by atoms with Gasteiger partial charge >= 0.3 is 5.97 Å². The Balaban J connectivity index is 2.49. The molecule has 0 amide bonds. The van der Waals surface area contributed by atoms with E-state index in [0.717, 1.165) is 45.1 Å². The summed E-state index contributed by atoms with van der Waals surface area (Å²) in [6.45, 7) is 5.01. The fraction of sp³-hybridized carbons (Fsp3) is 0.933. The van der Waals surface area contributed by atoms with Gasteiger partial charge in [-0.2, -0.15) is 0 Å². The largest absolute Gasteiger partial charge is 0.468 e. The maximum Gasteiger partial charge on any atom is 0.326 e. The van der Waals surface area contributed by atoms with Crippen molar-refractivity contribution in [3.05, 3.63) is 0 Å². The van der Waals surface area contributed by atoms with Crippen molar-refractivity contribution in [2.75, 3.05) is 20.8 Å². The van der Waals surface area contributed by atoms with E-state index in [1.165, 1.54) is 7.11 Å². The molecule has 1 aliphatic carbocycles. The van der Waals surface area contributed by atoms with Gasteiger partial charge in [-0.15, -0.1) is 0 Å². The summed E-state index contributed by atoms with van der Waals surface area (Å²) in [5, 5.41) is 3.21. The quantitative estimate of drug-likeness (QED) is 0.689. The van der Waals surface area contributed by atoms with Gasteiger partial charge in [-0.05, 0) is 45.6 Å². The Morgan fingerprint density at radius 3 is 2.84 bits per heavy atom. The molecule has 4 nitrogen and oxygen atoms in total. The van der Waals surface area contributed by atoms with Gasteiger partial charge in [0.05, 0.1) is 13.2 Å². The number of hydrogen-bond donors (Lipinski definition) is 1. The minimum absolute atomic E-state index is 0.126. The van der Waals surface area contributed by atoms with Crippen molar-refractivity contribution >= 4 is 5.97 Å². The molecular formula is C15H29NO3. The summed E-state index contributed by atoms with van der Waals surface area (Å²) in [5.41, 5.74) is -0.494. The maximum absolute atomic E-state index is 12.1. The lowest BCUT2D eigenvalue weighted by molar-refractivity contribution is -0.150. The van der Waals surface area contributed by atoms with E-state index in [0.29, 0.717) is 12.0 Å². The summed E-state index contributed by atoms with van der Waals surface area (Å²) in [5.74, 6) is 0.192. The van der Waals surface area contributed by atoms with Gasteiger partial charge in [0, 0.05) is 6.61 Å². The van der Waals surface area contributed by atoms with Crippen LogP contribution in [0.15, 0.2) is 0 Å². The lowest BCUT2D eigenvalue weighted by Gasteiger charge is -2.32. The minimum atomic E-state index is -0.494. The predicted octanol–water partition coefficient (Wildman–Crippen LogP) is 2.51. The van der Waals surface area contributed by atoms with Gasteiger partial charge in [-0.3, -0.25) is 4.79 Å². The van der Waals surface area contributed by atoms with Crippen LogP contribution in [0.5, 0.6) is 0 Å². The number of methoxy groups -OCH3 is 1. The van der Waals surface area contributed by atoms with Crippen LogP contribution >= 0.6 is 0 Å². The summed E-state index contributed by atoms with van der Waals surface area (Å²) >= 11 is 0. The van der Waals surface area contributed by atoms with Crippen LogP contribution in [0.25, 0.3) is 0 Å². The Kier molecular flexibility index (Phi) is 6.80. The van der Waals surface area contributed by atoms with Crippen molar-refractivity contribution in [2.24, 2.45) is 5.92 Å². The highest BCUT2D eigenvalue weighted by molar-refractivity contribution is 5.81. The first-order chi connectivity index (χ1) is 9.10. The summed E-state index contributed by atoms with van der Waals surface area (Å²) in [6.07, 6.45) is 6.49. The van der Waals surface area contributed by atoms with Crippen LogP contribution in [0.4, 0.5) is 0 Å². The third-order valence-electron chi connectivity index (χ3n) is 4.38. The van der Waals surface area contributed by atoms with E-state index in [9.17, 15) is 4.79 Å². The number of carbonyl (C=O) groups is 1. The summed E-state index contributed by atoms with van der Waals surface area (Å²) < 4.78 is 10.8. The number of hydrogen-bond acceptors (Lipinski definition) is 4. The van der Waals surface area contributed by atoms with Crippen molar-refractivity contribution in [3.63, 3.8) is 0 Å². The SMILES string of the molecule is CCCC(C)OCCC1CCCC1(NC)C(=O)OC. The molecule has 0 bridgehead atoms. The second kappa shape index (κ2) is 7.85. The van der Waals surface area contributed by atoms with E-state index >= 15 is 0 Å². The standard InChI is InChI=1S/C15H29NO3/c1-5-7-12(2)19-11-9-13-8-6-10-15(13,16-3)14(17)18-4/h12-13,16H,5-11H2,1-4H3. The number of esters is 1. The number of carbonyl (C=O) groups excluding carboxylic acids is 1. The Bertz CT molecular complexity index is 283. The molecule has 1 fully saturated rings. The molecule has 1 N–H and O–H groups in total. The molecule has 3 atom stereocenters. The fourth-order valence-electron chi connectivity index (χ4n) is 3.25. The zero-order chi connectivity index (χ0) is 14.3. The van der Waals surface area contributed by atoms with E-state index in [1.54, 1.807) is 0 Å². The Morgan fingerprint density at radius 1 is 1.53 bits per heavy atom. The van der Waals surface area contributed by atoms with Crippen LogP contribution in [-0.4, -0.2) is 38.4 Å². The molecule has 1 saturated carbocycles. The first kappa shape index (κ1) is 16.4. The lowest BCUT2D eigenvalue weighted by Crippen LogP contribution is -2.54. The van der Waals surface area contributed by atoms with Gasteiger partial charge in [0.2, 0.25) is 0 Å². The summed E-state index contributed by atoms with van der Waals surface area (Å²) in [4.78, 5) is 12.1. The van der Waals surface area contributed by atoms with Gasteiger partial charge in [-0.25, -0.2) is 0 Å². The fourth-order valence-corrected chi connectivity index (χ4v) is 3.25. The highest BCUT2D eigenvalue weighted by atomic mass is 16.5. The molecule has 0 spiro atoms. The van der Waals surface area contributed by atoms with Crippen LogP contribution in [0.2, 0.25) is 0 Å². The molecule has 112 valence electrons. The van der Waals surface area contributed by atoms with Crippen LogP contribution in [-0.2, 0) is 14.3 Å². The average molecular weight is 271 g/mol. The molecule has 0 radical (unpaired) electrons. The number of ether oxygens (including phenoxy) is 2. The van der Waals surface area contributed by atoms with E-state index in [2.05, 4.69) is 19.2 Å². The van der Waals surface area contributed by atoms with Crippen LogP contribution in [0.3, 0.4) is 0 Å². The Labute approximate surface area is 117 Å². The molecule has 0 aliphatic heterocycles. The molecule has 1 rings (SSSR count). The smallest absolute Gasteiger partial charge is 0.326 e. The van der Waals surface area contributed by atoms with Crippen molar-refractivity contribution in [3.8, 4) is 0 Å². The van der Waals surface area contributed by atoms with E-state index in [1.807, 2.05) is 7.05 Å². The highest BCUT2D eigenvalue weighted by Crippen LogP contribution is 2.38. The zero-order valence-corrected chi connectivity index (χ0v) is 12.8. The Morgan fingerprint density at radius 2 is 2.26 bits per heavy atom. The maximum atomic E-state index is 12.1. The number of likely N-dealkylation sites (N-methyl/N-ethyl adjacent to an activating group) is 1. The van der Waals surface area contributed by atoms with Crippen molar-refractivity contribution in [1.29, 1.82) is 0 Å². The van der Waals surface area contributed by atoms with Crippen LogP contribution in [0, 0.1) is 5.92 Å². The normalized spacial score (nSPS) is 28.3. The zero-order valence-electron chi connectivity index (χ0n) is 12.8. The first-order valence-corrected chi connectivity index (χ1v) is 7.49. The second-order valence-electron chi connectivity index (χ2n) is 5.56. The first-order valence-electron chi connectivity index (χ1n) is 7.49. The van der Waals surface area contributed by atoms with E-state index < -0.39 is 5.54 Å². The summed E-state index contributed by atoms with van der Waals surface area (Å²) in [7, 11) is 3.33. The molecule has 3 unspecified atom stereocenters. The van der Waals surface area contributed by atoms with Crippen LogP contribution < -0.4 is 5.32 Å². The van der Waals surface area contributed by atoms with E-state index in [-0.39, 0.29) is 5.97 Å². The molecule has 4 heteroatoms. The molecule has 0 aromatic heterocycles. The average Bonchev–Trinajstić information content (AvgIpc) is 2.82. The number of rotatable bonds is 8. The van der Waals surface area contributed by atoms with Crippen molar-refractivity contribution in [1.82, 2.24) is 5.32 Å². The minimum Gasteiger partial charge on any atom is -0.468 e. The molecule has 0 aromatic rings. The van der Waals surface area contributed by atoms with Gasteiger partial charge in [-0.1, -0.05) is 19.8 Å². The van der Waals surface area contributed by atoms with Gasteiger partial charge < -0.3 is 14.8 Å². The van der Waals surface area contributed by atoms with Gasteiger partial charge in [0.1, 0.15) is 5.54 Å². The van der Waals surface area contributed by atoms with E-state index in [4.69, 9.17) is 9.47 Å².